The molecule has 0 N–H and O–H groups in total. The number of fused-ring (bicyclic) bond motifs is 3. The third-order valence-electron chi connectivity index (χ3n) is 15.0. The molecule has 0 radical (unpaired) electrons. The number of piperidine rings is 1. The highest BCUT2D eigenvalue weighted by Gasteiger charge is 2.44. The number of ether oxygens (including phenoxy) is 2. The average Bonchev–Trinajstić information content (AvgIpc) is 3.70. The van der Waals surface area contributed by atoms with E-state index in [0.717, 1.165) is 65.5 Å². The summed E-state index contributed by atoms with van der Waals surface area (Å²) in [5.74, 6) is -0.641. The van der Waals surface area contributed by atoms with E-state index in [1.165, 1.54) is 93.9 Å². The van der Waals surface area contributed by atoms with Gasteiger partial charge in [0.05, 0.1) is 6.42 Å². The van der Waals surface area contributed by atoms with Crippen LogP contribution in [0.5, 0.6) is 0 Å². The fraction of sp³-hybridized carbons (Fsp3) is 0.450. The largest absolute Gasteiger partial charge is 0.448 e. The molecule has 2 atom stereocenters. The van der Waals surface area contributed by atoms with Crippen molar-refractivity contribution in [1.82, 2.24) is 9.80 Å². The first-order valence-corrected chi connectivity index (χ1v) is 26.2. The first kappa shape index (κ1) is 49.0. The van der Waals surface area contributed by atoms with Crippen LogP contribution in [0.1, 0.15) is 167 Å². The summed E-state index contributed by atoms with van der Waals surface area (Å²) < 4.78 is 13.0. The Labute approximate surface area is 410 Å². The van der Waals surface area contributed by atoms with Gasteiger partial charge in [-0.1, -0.05) is 216 Å². The Morgan fingerprint density at radius 2 is 1.09 bits per heavy atom. The molecule has 5 aromatic rings. The van der Waals surface area contributed by atoms with E-state index in [4.69, 9.17) is 21.1 Å². The summed E-state index contributed by atoms with van der Waals surface area (Å²) in [7, 11) is 1.56. The molecule has 1 saturated carbocycles. The van der Waals surface area contributed by atoms with Gasteiger partial charge in [-0.25, -0.2) is 4.79 Å². The number of hydrogen-bond acceptors (Lipinski definition) is 5. The molecular formula is C60H71ClN2O5. The van der Waals surface area contributed by atoms with E-state index >= 15 is 4.79 Å². The lowest BCUT2D eigenvalue weighted by atomic mass is 9.78. The lowest BCUT2D eigenvalue weighted by molar-refractivity contribution is -0.157. The molecule has 5 aromatic carbocycles. The second kappa shape index (κ2) is 24.2. The van der Waals surface area contributed by atoms with Crippen molar-refractivity contribution in [3.8, 4) is 11.1 Å². The number of nitrogens with zero attached hydrogens (tertiary/aromatic N) is 2. The van der Waals surface area contributed by atoms with Crippen LogP contribution in [0, 0.1) is 0 Å². The highest BCUT2D eigenvalue weighted by Crippen LogP contribution is 2.46. The van der Waals surface area contributed by atoms with Gasteiger partial charge in [-0.3, -0.25) is 14.5 Å². The van der Waals surface area contributed by atoms with Crippen molar-refractivity contribution in [2.75, 3.05) is 26.7 Å². The van der Waals surface area contributed by atoms with Gasteiger partial charge < -0.3 is 14.4 Å². The predicted octanol–water partition coefficient (Wildman–Crippen LogP) is 14.8. The molecule has 1 aliphatic heterocycles. The summed E-state index contributed by atoms with van der Waals surface area (Å²) in [5, 5.41) is 0.447. The molecule has 0 aromatic heterocycles. The Bertz CT molecular complexity index is 2350. The molecule has 68 heavy (non-hydrogen) atoms. The molecule has 0 bridgehead atoms. The maximum absolute atomic E-state index is 15.0. The van der Waals surface area contributed by atoms with Crippen molar-refractivity contribution in [3.05, 3.63) is 166 Å². The molecule has 3 aliphatic rings. The van der Waals surface area contributed by atoms with Gasteiger partial charge in [-0.05, 0) is 71.9 Å². The molecule has 1 saturated heterocycles. The fourth-order valence-electron chi connectivity index (χ4n) is 11.2. The number of amides is 2. The van der Waals surface area contributed by atoms with E-state index in [1.807, 2.05) is 78.9 Å². The molecule has 0 spiro atoms. The minimum absolute atomic E-state index is 0.0900. The van der Waals surface area contributed by atoms with Crippen molar-refractivity contribution >= 4 is 29.6 Å². The number of likely N-dealkylation sites (N-methyl/N-ethyl adjacent to an activating group) is 1. The van der Waals surface area contributed by atoms with Crippen LogP contribution in [0.4, 0.5) is 4.79 Å². The van der Waals surface area contributed by atoms with E-state index in [1.54, 1.807) is 11.9 Å². The summed E-state index contributed by atoms with van der Waals surface area (Å²) in [6.45, 7) is 1.21. The monoisotopic (exact) mass is 935 g/mol. The van der Waals surface area contributed by atoms with Crippen LogP contribution in [0.15, 0.2) is 127 Å². The highest BCUT2D eigenvalue weighted by molar-refractivity contribution is 6.31. The Morgan fingerprint density at radius 1 is 0.603 bits per heavy atom. The van der Waals surface area contributed by atoms with Gasteiger partial charge in [0, 0.05) is 47.8 Å². The van der Waals surface area contributed by atoms with E-state index in [-0.39, 0.29) is 24.9 Å². The van der Waals surface area contributed by atoms with Gasteiger partial charge in [-0.2, -0.15) is 0 Å². The molecule has 2 fully saturated rings. The number of likely N-dealkylation sites (tertiary alicyclic amines) is 1. The fourth-order valence-corrected chi connectivity index (χ4v) is 11.4. The van der Waals surface area contributed by atoms with Crippen LogP contribution in [0.3, 0.4) is 0 Å². The standard InChI is InChI=1S/C60H71ClN2O5/c1-62(59(66)67-44-53-51-33-21-19-31-49(51)50-32-20-22-34-52(50)53)56(58(65)63-41-25-14-26-42-63)43-57(64)68-60(47-29-17-13-18-30-47,54-35-23-24-36-55(54)61)48-39-37-46(38-40-48)45-27-15-11-9-7-5-3-2-4-6-8-10-12-16-28-45/h13,17-24,29-40,45,53,56H,2-12,14-16,25-28,41-44H2,1H3/t56-,60?/m0/s1. The average molecular weight is 936 g/mol. The number of esters is 1. The maximum Gasteiger partial charge on any atom is 0.410 e. The van der Waals surface area contributed by atoms with E-state index in [2.05, 4.69) is 48.5 Å². The summed E-state index contributed by atoms with van der Waals surface area (Å²) in [6, 6.07) is 41.2. The zero-order valence-corrected chi connectivity index (χ0v) is 41.0. The topological polar surface area (TPSA) is 76.1 Å². The first-order chi connectivity index (χ1) is 33.3. The highest BCUT2D eigenvalue weighted by atomic mass is 35.5. The van der Waals surface area contributed by atoms with Crippen molar-refractivity contribution < 1.29 is 23.9 Å². The van der Waals surface area contributed by atoms with Crippen LogP contribution < -0.4 is 0 Å². The minimum Gasteiger partial charge on any atom is -0.448 e. The third kappa shape index (κ3) is 11.7. The Morgan fingerprint density at radius 3 is 1.66 bits per heavy atom. The molecule has 7 nitrogen and oxygen atoms in total. The van der Waals surface area contributed by atoms with Gasteiger partial charge in [0.2, 0.25) is 5.91 Å². The molecule has 1 heterocycles. The van der Waals surface area contributed by atoms with E-state index in [9.17, 15) is 9.59 Å². The third-order valence-corrected chi connectivity index (χ3v) is 15.3. The van der Waals surface area contributed by atoms with Gasteiger partial charge in [0.15, 0.2) is 5.60 Å². The van der Waals surface area contributed by atoms with Crippen LogP contribution in [-0.4, -0.2) is 60.6 Å². The van der Waals surface area contributed by atoms with Crippen LogP contribution >= 0.6 is 11.6 Å². The van der Waals surface area contributed by atoms with Gasteiger partial charge in [-0.15, -0.1) is 0 Å². The number of carbonyl (C=O) groups excluding carboxylic acids is 3. The lowest BCUT2D eigenvalue weighted by Crippen LogP contribution is -2.52. The Hall–Kier alpha value is -5.40. The number of benzene rings is 5. The van der Waals surface area contributed by atoms with Crippen LogP contribution in [0.25, 0.3) is 11.1 Å². The zero-order valence-electron chi connectivity index (χ0n) is 40.2. The molecule has 2 aliphatic carbocycles. The summed E-state index contributed by atoms with van der Waals surface area (Å²) in [6.07, 6.45) is 21.1. The smallest absolute Gasteiger partial charge is 0.410 e. The quantitative estimate of drug-likeness (QED) is 0.0974. The molecule has 1 unspecified atom stereocenters. The summed E-state index contributed by atoms with van der Waals surface area (Å²) in [5.41, 5.74) is 6.36. The lowest BCUT2D eigenvalue weighted by Gasteiger charge is -2.37. The number of rotatable bonds is 11. The molecular weight excluding hydrogens is 864 g/mol. The number of halogens is 1. The number of hydrogen-bond donors (Lipinski definition) is 0. The molecule has 8 rings (SSSR count). The predicted molar refractivity (Wildman–Crippen MR) is 274 cm³/mol. The summed E-state index contributed by atoms with van der Waals surface area (Å²) in [4.78, 5) is 46.9. The van der Waals surface area contributed by atoms with Crippen LogP contribution in [-0.2, 0) is 24.7 Å². The van der Waals surface area contributed by atoms with Gasteiger partial charge in [0.25, 0.3) is 0 Å². The SMILES string of the molecule is CN(C(=O)OCC1c2ccccc2-c2ccccc21)[C@@H](CC(=O)OC(c1ccccc1)(c1ccc(C2CCCCCCCCCCCCCCC2)cc1)c1ccccc1Cl)C(=O)N1CCCCC1. The molecule has 8 heteroatoms. The molecule has 2 amide bonds. The van der Waals surface area contributed by atoms with Gasteiger partial charge in [0.1, 0.15) is 12.6 Å². The van der Waals surface area contributed by atoms with Crippen molar-refractivity contribution in [3.63, 3.8) is 0 Å². The summed E-state index contributed by atoms with van der Waals surface area (Å²) >= 11 is 7.15. The van der Waals surface area contributed by atoms with Crippen molar-refractivity contribution in [2.24, 2.45) is 0 Å². The first-order valence-electron chi connectivity index (χ1n) is 25.8. The Kier molecular flexibility index (Phi) is 17.5. The Balaban J connectivity index is 1.08. The maximum atomic E-state index is 15.0. The van der Waals surface area contributed by atoms with Crippen molar-refractivity contribution in [2.45, 2.75) is 145 Å². The van der Waals surface area contributed by atoms with Gasteiger partial charge >= 0.3 is 12.1 Å². The van der Waals surface area contributed by atoms with E-state index in [0.29, 0.717) is 29.6 Å². The van der Waals surface area contributed by atoms with Crippen LogP contribution in [0.2, 0.25) is 5.02 Å². The second-order valence-electron chi connectivity index (χ2n) is 19.5. The van der Waals surface area contributed by atoms with E-state index < -0.39 is 23.7 Å². The van der Waals surface area contributed by atoms with Crippen molar-refractivity contribution in [1.29, 1.82) is 0 Å². The molecule has 358 valence electrons. The minimum atomic E-state index is -1.48. The number of carbonyl (C=O) groups is 3. The normalized spacial score (nSPS) is 18.1. The zero-order chi connectivity index (χ0) is 47.1. The second-order valence-corrected chi connectivity index (χ2v) is 19.9.